The average molecular weight is 608 g/mol. The van der Waals surface area contributed by atoms with Crippen LogP contribution in [-0.2, 0) is 15.7 Å². The zero-order chi connectivity index (χ0) is 29.6. The number of carbonyl (C=O) groups excluding carboxylic acids is 2. The number of nitrogens with zero attached hydrogens (tertiary/aromatic N) is 5. The summed E-state index contributed by atoms with van der Waals surface area (Å²) in [5, 5.41) is 4.91. The van der Waals surface area contributed by atoms with Crippen molar-refractivity contribution in [3.63, 3.8) is 0 Å². The first-order valence-electron chi connectivity index (χ1n) is 12.3. The molecule has 0 aromatic carbocycles. The Morgan fingerprint density at radius 1 is 1.15 bits per heavy atom. The van der Waals surface area contributed by atoms with Gasteiger partial charge in [-0.05, 0) is 31.2 Å². The van der Waals surface area contributed by atoms with Gasteiger partial charge in [0.25, 0.3) is 5.91 Å². The molecule has 216 valence electrons. The number of aliphatic imine (C=N–C) groups is 1. The van der Waals surface area contributed by atoms with Gasteiger partial charge in [0.1, 0.15) is 21.5 Å². The molecule has 1 atom stereocenters. The summed E-state index contributed by atoms with van der Waals surface area (Å²) >= 11 is 6.55. The number of hydrogen-bond acceptors (Lipinski definition) is 9. The fourth-order valence-electron chi connectivity index (χ4n) is 3.79. The van der Waals surface area contributed by atoms with Crippen LogP contribution in [0.4, 0.5) is 24.8 Å². The van der Waals surface area contributed by atoms with Gasteiger partial charge in [-0.25, -0.2) is 15.0 Å². The van der Waals surface area contributed by atoms with E-state index in [9.17, 15) is 22.8 Å². The Morgan fingerprint density at radius 2 is 1.90 bits per heavy atom. The molecule has 2 N–H and O–H groups in total. The van der Waals surface area contributed by atoms with Gasteiger partial charge in [0.15, 0.2) is 0 Å². The Labute approximate surface area is 242 Å². The van der Waals surface area contributed by atoms with E-state index < -0.39 is 34.6 Å². The second-order valence-electron chi connectivity index (χ2n) is 8.74. The Balaban J connectivity index is 1.34. The van der Waals surface area contributed by atoms with E-state index in [-0.39, 0.29) is 10.7 Å². The Bertz CT molecular complexity index is 1460. The van der Waals surface area contributed by atoms with Crippen LogP contribution in [0.3, 0.4) is 0 Å². The maximum atomic E-state index is 13.1. The maximum absolute atomic E-state index is 13.1. The highest BCUT2D eigenvalue weighted by Gasteiger charge is 2.34. The van der Waals surface area contributed by atoms with Gasteiger partial charge in [-0.1, -0.05) is 11.6 Å². The van der Waals surface area contributed by atoms with Gasteiger partial charge in [0, 0.05) is 44.2 Å². The number of thiazole rings is 1. The molecule has 0 spiro atoms. The molecule has 2 amide bonds. The van der Waals surface area contributed by atoms with Gasteiger partial charge in [-0.2, -0.15) is 13.2 Å². The van der Waals surface area contributed by atoms with Gasteiger partial charge < -0.3 is 20.3 Å². The molecule has 0 aliphatic carbocycles. The van der Waals surface area contributed by atoms with E-state index in [1.807, 2.05) is 12.1 Å². The monoisotopic (exact) mass is 607 g/mol. The third kappa shape index (κ3) is 7.86. The van der Waals surface area contributed by atoms with Crippen molar-refractivity contribution in [3.8, 4) is 0 Å². The SMILES string of the molecule is C/N=C(\C=C\C(=O)NC(C)c1ncc(C(=O)Nc2cc(C(F)(F)F)c(Cl)cn2)s1)c1ccc(N2CCOCC2)nc1. The molecule has 3 aromatic heterocycles. The van der Waals surface area contributed by atoms with Crippen LogP contribution in [0.15, 0.2) is 53.9 Å². The van der Waals surface area contributed by atoms with Crippen molar-refractivity contribution in [1.29, 1.82) is 0 Å². The van der Waals surface area contributed by atoms with Crippen LogP contribution in [0.1, 0.15) is 38.8 Å². The van der Waals surface area contributed by atoms with Crippen molar-refractivity contribution in [2.45, 2.75) is 19.1 Å². The van der Waals surface area contributed by atoms with E-state index in [4.69, 9.17) is 16.3 Å². The zero-order valence-electron chi connectivity index (χ0n) is 21.9. The molecule has 0 radical (unpaired) electrons. The topological polar surface area (TPSA) is 122 Å². The number of alkyl halides is 3. The summed E-state index contributed by atoms with van der Waals surface area (Å²) < 4.78 is 44.6. The molecule has 1 fully saturated rings. The van der Waals surface area contributed by atoms with Crippen LogP contribution in [0.5, 0.6) is 0 Å². The molecule has 1 saturated heterocycles. The number of morpholine rings is 1. The fourth-order valence-corrected chi connectivity index (χ4v) is 4.82. The number of rotatable bonds is 8. The largest absolute Gasteiger partial charge is 0.418 e. The lowest BCUT2D eigenvalue weighted by molar-refractivity contribution is -0.137. The van der Waals surface area contributed by atoms with Gasteiger partial charge in [-0.3, -0.25) is 14.6 Å². The second kappa shape index (κ2) is 13.2. The minimum absolute atomic E-state index is 0.121. The lowest BCUT2D eigenvalue weighted by Gasteiger charge is -2.27. The van der Waals surface area contributed by atoms with Crippen LogP contribution < -0.4 is 15.5 Å². The smallest absolute Gasteiger partial charge is 0.378 e. The van der Waals surface area contributed by atoms with Crippen molar-refractivity contribution in [3.05, 3.63) is 75.0 Å². The number of nitrogens with one attached hydrogen (secondary N) is 2. The Hall–Kier alpha value is -3.88. The van der Waals surface area contributed by atoms with Crippen molar-refractivity contribution in [1.82, 2.24) is 20.3 Å². The number of hydrogen-bond donors (Lipinski definition) is 2. The summed E-state index contributed by atoms with van der Waals surface area (Å²) in [6.07, 6.45) is 1.98. The van der Waals surface area contributed by atoms with Crippen LogP contribution in [0.2, 0.25) is 5.02 Å². The molecular weight excluding hydrogens is 583 g/mol. The van der Waals surface area contributed by atoms with Crippen molar-refractivity contribution >= 4 is 52.1 Å². The number of ether oxygens (including phenoxy) is 1. The highest BCUT2D eigenvalue weighted by Crippen LogP contribution is 2.35. The number of pyridine rings is 2. The van der Waals surface area contributed by atoms with Crippen LogP contribution in [0.25, 0.3) is 0 Å². The molecule has 0 bridgehead atoms. The molecule has 15 heteroatoms. The van der Waals surface area contributed by atoms with E-state index in [0.717, 1.165) is 42.0 Å². The fraction of sp³-hybridized carbons (Fsp3) is 0.308. The number of anilines is 2. The first-order valence-corrected chi connectivity index (χ1v) is 13.5. The van der Waals surface area contributed by atoms with Crippen molar-refractivity contribution in [2.75, 3.05) is 43.6 Å². The zero-order valence-corrected chi connectivity index (χ0v) is 23.5. The molecule has 1 aliphatic rings. The molecule has 10 nitrogen and oxygen atoms in total. The first kappa shape index (κ1) is 30.1. The minimum Gasteiger partial charge on any atom is -0.378 e. The molecular formula is C26H25ClF3N7O3S. The summed E-state index contributed by atoms with van der Waals surface area (Å²) in [6, 6.07) is 3.88. The lowest BCUT2D eigenvalue weighted by atomic mass is 10.1. The maximum Gasteiger partial charge on any atom is 0.418 e. The summed E-state index contributed by atoms with van der Waals surface area (Å²) in [5.41, 5.74) is 0.192. The molecule has 4 heterocycles. The minimum atomic E-state index is -4.70. The summed E-state index contributed by atoms with van der Waals surface area (Å²) in [5.74, 6) is -0.586. The third-order valence-corrected chi connectivity index (χ3v) is 7.37. The Kier molecular flexibility index (Phi) is 9.68. The number of halogens is 4. The van der Waals surface area contributed by atoms with Crippen LogP contribution >= 0.6 is 22.9 Å². The lowest BCUT2D eigenvalue weighted by Crippen LogP contribution is -2.36. The van der Waals surface area contributed by atoms with Crippen LogP contribution in [0, 0.1) is 0 Å². The number of aromatic nitrogens is 3. The predicted octanol–water partition coefficient (Wildman–Crippen LogP) is 4.55. The van der Waals surface area contributed by atoms with E-state index in [1.54, 1.807) is 26.2 Å². The number of allylic oxidation sites excluding steroid dienone is 1. The molecule has 41 heavy (non-hydrogen) atoms. The van der Waals surface area contributed by atoms with Crippen molar-refractivity contribution in [2.24, 2.45) is 4.99 Å². The molecule has 1 unspecified atom stereocenters. The average Bonchev–Trinajstić information content (AvgIpc) is 3.46. The highest BCUT2D eigenvalue weighted by molar-refractivity contribution is 7.13. The highest BCUT2D eigenvalue weighted by atomic mass is 35.5. The van der Waals surface area contributed by atoms with Gasteiger partial charge in [0.05, 0.1) is 41.8 Å². The predicted molar refractivity (Wildman–Crippen MR) is 150 cm³/mol. The summed E-state index contributed by atoms with van der Waals surface area (Å²) in [4.78, 5) is 44.0. The Morgan fingerprint density at radius 3 is 2.56 bits per heavy atom. The number of carbonyl (C=O) groups is 2. The van der Waals surface area contributed by atoms with Gasteiger partial charge in [-0.15, -0.1) is 11.3 Å². The molecule has 0 saturated carbocycles. The van der Waals surface area contributed by atoms with Gasteiger partial charge in [0.2, 0.25) is 5.91 Å². The standard InChI is InChI=1S/C26H25ClF3N7O3S/c1-15(25-34-14-20(41-25)24(39)36-21-11-17(26(28,29)30)18(27)13-32-21)35-23(38)6-4-19(31-2)16-3-5-22(33-12-16)37-7-9-40-10-8-37/h3-6,11-15H,7-10H2,1-2H3,(H,35,38)(H,32,36,39)/b6-4+,31-19+. The molecule has 1 aliphatic heterocycles. The quantitative estimate of drug-likeness (QED) is 0.285. The third-order valence-electron chi connectivity index (χ3n) is 5.89. The van der Waals surface area contributed by atoms with Crippen molar-refractivity contribution < 1.29 is 27.5 Å². The van der Waals surface area contributed by atoms with Crippen LogP contribution in [-0.4, -0.2) is 65.8 Å². The van der Waals surface area contributed by atoms with E-state index in [1.165, 1.54) is 12.3 Å². The molecule has 4 rings (SSSR count). The molecule has 3 aromatic rings. The van der Waals surface area contributed by atoms with Gasteiger partial charge >= 0.3 is 6.18 Å². The van der Waals surface area contributed by atoms with E-state index in [0.29, 0.717) is 30.0 Å². The normalized spacial score (nSPS) is 15.2. The van der Waals surface area contributed by atoms with E-state index in [2.05, 4.69) is 35.5 Å². The summed E-state index contributed by atoms with van der Waals surface area (Å²) in [7, 11) is 1.61. The summed E-state index contributed by atoms with van der Waals surface area (Å²) in [6.45, 7) is 4.54. The van der Waals surface area contributed by atoms with E-state index >= 15 is 0 Å². The second-order valence-corrected chi connectivity index (χ2v) is 10.2. The first-order chi connectivity index (χ1) is 19.5. The number of amides is 2.